The summed E-state index contributed by atoms with van der Waals surface area (Å²) >= 11 is 0. The van der Waals surface area contributed by atoms with E-state index in [9.17, 15) is 0 Å². The van der Waals surface area contributed by atoms with Gasteiger partial charge in [-0.05, 0) is 115 Å². The summed E-state index contributed by atoms with van der Waals surface area (Å²) < 4.78 is 2.47. The van der Waals surface area contributed by atoms with E-state index in [-0.39, 0.29) is 0 Å². The Labute approximate surface area is 373 Å². The number of hydrogen-bond donors (Lipinski definition) is 0. The van der Waals surface area contributed by atoms with Crippen molar-refractivity contribution in [3.8, 4) is 50.2 Å². The van der Waals surface area contributed by atoms with Gasteiger partial charge in [0, 0.05) is 38.9 Å². The minimum Gasteiger partial charge on any atom is -0.311 e. The fraction of sp³-hybridized carbons (Fsp3) is 0. The lowest BCUT2D eigenvalue weighted by molar-refractivity contribution is 1.19. The fourth-order valence-corrected chi connectivity index (χ4v) is 9.80. The molecule has 0 spiro atoms. The molecule has 300 valence electrons. The first-order valence-electron chi connectivity index (χ1n) is 22.0. The van der Waals surface area contributed by atoms with Crippen LogP contribution in [-0.2, 0) is 0 Å². The molecule has 0 radical (unpaired) electrons. The number of para-hydroxylation sites is 1. The van der Waals surface area contributed by atoms with Crippen molar-refractivity contribution in [2.24, 2.45) is 0 Å². The van der Waals surface area contributed by atoms with Gasteiger partial charge in [-0.3, -0.25) is 0 Å². The van der Waals surface area contributed by atoms with E-state index in [1.54, 1.807) is 0 Å². The Morgan fingerprint density at radius 3 is 1.28 bits per heavy atom. The standard InChI is InChI=1S/C62H42N2/c1-3-16-43(17-4-1)44-30-36-49(37-31-44)63(51-40-34-47(35-41-51)54-23-8-7-22-53(54)46-18-5-2-6-19-46)50-38-32-45(33-39-50)48-20-15-21-52(42-48)64-60-29-14-13-28-59(60)61-57-26-11-9-24-55(57)56-25-10-12-27-58(56)62(61)64/h1-42H. The molecule has 64 heavy (non-hydrogen) atoms. The number of benzene rings is 11. The summed E-state index contributed by atoms with van der Waals surface area (Å²) in [5.41, 5.74) is 16.4. The van der Waals surface area contributed by atoms with E-state index < -0.39 is 0 Å². The summed E-state index contributed by atoms with van der Waals surface area (Å²) in [4.78, 5) is 2.36. The maximum atomic E-state index is 2.47. The third kappa shape index (κ3) is 6.44. The van der Waals surface area contributed by atoms with Crippen LogP contribution in [0.25, 0.3) is 93.5 Å². The van der Waals surface area contributed by atoms with E-state index in [1.165, 1.54) is 82.3 Å². The van der Waals surface area contributed by atoms with Crippen molar-refractivity contribution in [2.75, 3.05) is 4.90 Å². The van der Waals surface area contributed by atoms with Crippen molar-refractivity contribution in [3.05, 3.63) is 255 Å². The highest BCUT2D eigenvalue weighted by molar-refractivity contribution is 6.32. The highest BCUT2D eigenvalue weighted by Crippen LogP contribution is 2.43. The van der Waals surface area contributed by atoms with Gasteiger partial charge in [-0.15, -0.1) is 0 Å². The van der Waals surface area contributed by atoms with Gasteiger partial charge in [0.2, 0.25) is 0 Å². The number of anilines is 3. The Morgan fingerprint density at radius 2 is 0.672 bits per heavy atom. The van der Waals surface area contributed by atoms with Crippen LogP contribution < -0.4 is 4.90 Å². The molecule has 2 heteroatoms. The predicted molar refractivity (Wildman–Crippen MR) is 272 cm³/mol. The molecule has 0 saturated carbocycles. The zero-order valence-electron chi connectivity index (χ0n) is 35.1. The number of fused-ring (bicyclic) bond motifs is 8. The Balaban J connectivity index is 0.947. The first kappa shape index (κ1) is 37.3. The van der Waals surface area contributed by atoms with Crippen LogP contribution in [0, 0.1) is 0 Å². The van der Waals surface area contributed by atoms with Crippen LogP contribution in [0.5, 0.6) is 0 Å². The highest BCUT2D eigenvalue weighted by atomic mass is 15.1. The van der Waals surface area contributed by atoms with Crippen molar-refractivity contribution in [2.45, 2.75) is 0 Å². The van der Waals surface area contributed by atoms with Crippen molar-refractivity contribution in [1.29, 1.82) is 0 Å². The van der Waals surface area contributed by atoms with Crippen LogP contribution in [-0.4, -0.2) is 4.57 Å². The van der Waals surface area contributed by atoms with Crippen LogP contribution in [0.2, 0.25) is 0 Å². The van der Waals surface area contributed by atoms with E-state index in [0.29, 0.717) is 0 Å². The van der Waals surface area contributed by atoms with Gasteiger partial charge in [0.1, 0.15) is 0 Å². The van der Waals surface area contributed by atoms with Gasteiger partial charge in [0.15, 0.2) is 0 Å². The Kier molecular flexibility index (Phi) is 9.20. The van der Waals surface area contributed by atoms with E-state index in [0.717, 1.165) is 28.3 Å². The van der Waals surface area contributed by atoms with Crippen LogP contribution in [0.3, 0.4) is 0 Å². The van der Waals surface area contributed by atoms with E-state index >= 15 is 0 Å². The molecule has 0 saturated heterocycles. The molecule has 0 unspecified atom stereocenters. The Bertz CT molecular complexity index is 3620. The van der Waals surface area contributed by atoms with Gasteiger partial charge in [-0.2, -0.15) is 0 Å². The first-order valence-corrected chi connectivity index (χ1v) is 22.0. The molecule has 11 aromatic carbocycles. The van der Waals surface area contributed by atoms with Crippen LogP contribution in [0.4, 0.5) is 17.1 Å². The maximum Gasteiger partial charge on any atom is 0.0625 e. The topological polar surface area (TPSA) is 8.17 Å². The first-order chi connectivity index (χ1) is 31.8. The normalized spacial score (nSPS) is 11.4. The van der Waals surface area contributed by atoms with E-state index in [4.69, 9.17) is 0 Å². The average Bonchev–Trinajstić information content (AvgIpc) is 3.74. The summed E-state index contributed by atoms with van der Waals surface area (Å²) in [5, 5.41) is 7.65. The van der Waals surface area contributed by atoms with Crippen molar-refractivity contribution in [1.82, 2.24) is 4.57 Å². The maximum absolute atomic E-state index is 2.47. The molecule has 0 aliphatic heterocycles. The zero-order valence-corrected chi connectivity index (χ0v) is 35.1. The minimum atomic E-state index is 1.09. The summed E-state index contributed by atoms with van der Waals surface area (Å²) in [7, 11) is 0. The second-order valence-corrected chi connectivity index (χ2v) is 16.5. The smallest absolute Gasteiger partial charge is 0.0625 e. The molecule has 0 fully saturated rings. The average molecular weight is 815 g/mol. The quantitative estimate of drug-likeness (QED) is 0.139. The van der Waals surface area contributed by atoms with Crippen LogP contribution >= 0.6 is 0 Å². The molecular formula is C62H42N2. The molecule has 0 amide bonds. The number of aromatic nitrogens is 1. The summed E-state index contributed by atoms with van der Waals surface area (Å²) in [6, 6.07) is 92.4. The van der Waals surface area contributed by atoms with Crippen molar-refractivity contribution < 1.29 is 0 Å². The fourth-order valence-electron chi connectivity index (χ4n) is 9.80. The molecule has 1 aromatic heterocycles. The lowest BCUT2D eigenvalue weighted by Gasteiger charge is -2.26. The van der Waals surface area contributed by atoms with Gasteiger partial charge in [-0.25, -0.2) is 0 Å². The predicted octanol–water partition coefficient (Wildman–Crippen LogP) is 17.2. The van der Waals surface area contributed by atoms with Crippen LogP contribution in [0.15, 0.2) is 255 Å². The van der Waals surface area contributed by atoms with Crippen LogP contribution in [0.1, 0.15) is 0 Å². The highest BCUT2D eigenvalue weighted by Gasteiger charge is 2.20. The molecule has 0 bridgehead atoms. The van der Waals surface area contributed by atoms with Gasteiger partial charge in [0.05, 0.1) is 11.0 Å². The number of hydrogen-bond acceptors (Lipinski definition) is 1. The van der Waals surface area contributed by atoms with Gasteiger partial charge in [-0.1, -0.05) is 200 Å². The summed E-state index contributed by atoms with van der Waals surface area (Å²) in [6.45, 7) is 0. The van der Waals surface area contributed by atoms with Crippen molar-refractivity contribution in [3.63, 3.8) is 0 Å². The lowest BCUT2D eigenvalue weighted by Crippen LogP contribution is -2.09. The molecule has 12 rings (SSSR count). The molecular weight excluding hydrogens is 773 g/mol. The Morgan fingerprint density at radius 1 is 0.266 bits per heavy atom. The SMILES string of the molecule is c1ccc(-c2ccc(N(c3ccc(-c4cccc(-n5c6ccccc6c6c7ccccc7c7ccccc7c65)c4)cc3)c3ccc(-c4ccccc4-c4ccccc4)cc3)cc2)cc1. The van der Waals surface area contributed by atoms with Crippen molar-refractivity contribution >= 4 is 60.4 Å². The summed E-state index contributed by atoms with van der Waals surface area (Å²) in [5.74, 6) is 0. The third-order valence-electron chi connectivity index (χ3n) is 12.8. The monoisotopic (exact) mass is 814 g/mol. The molecule has 0 N–H and O–H groups in total. The molecule has 2 nitrogen and oxygen atoms in total. The molecule has 0 aliphatic carbocycles. The zero-order chi connectivity index (χ0) is 42.4. The molecule has 12 aromatic rings. The minimum absolute atomic E-state index is 1.09. The molecule has 0 aliphatic rings. The summed E-state index contributed by atoms with van der Waals surface area (Å²) in [6.07, 6.45) is 0. The number of nitrogens with zero attached hydrogens (tertiary/aromatic N) is 2. The Hall–Kier alpha value is -8.46. The van der Waals surface area contributed by atoms with Gasteiger partial charge < -0.3 is 9.47 Å². The molecule has 1 heterocycles. The van der Waals surface area contributed by atoms with Gasteiger partial charge in [0.25, 0.3) is 0 Å². The second-order valence-electron chi connectivity index (χ2n) is 16.5. The van der Waals surface area contributed by atoms with E-state index in [1.807, 2.05) is 0 Å². The number of rotatable bonds is 8. The largest absolute Gasteiger partial charge is 0.311 e. The lowest BCUT2D eigenvalue weighted by atomic mass is 9.94. The van der Waals surface area contributed by atoms with E-state index in [2.05, 4.69) is 264 Å². The third-order valence-corrected chi connectivity index (χ3v) is 12.8. The molecule has 0 atom stereocenters. The second kappa shape index (κ2) is 15.8. The van der Waals surface area contributed by atoms with Gasteiger partial charge >= 0.3 is 0 Å².